The molecule has 0 radical (unpaired) electrons. The number of carbonyl (C=O) groups excluding carboxylic acids is 2. The third-order valence-electron chi connectivity index (χ3n) is 4.49. The van der Waals surface area contributed by atoms with Crippen molar-refractivity contribution in [3.05, 3.63) is 0 Å². The Bertz CT molecular complexity index is 398. The Morgan fingerprint density at radius 2 is 2.22 bits per heavy atom. The van der Waals surface area contributed by atoms with E-state index in [9.17, 15) is 9.59 Å². The highest BCUT2D eigenvalue weighted by atomic mass is 35.5. The zero-order chi connectivity index (χ0) is 15.9. The van der Waals surface area contributed by atoms with Gasteiger partial charge in [0.15, 0.2) is 0 Å². The van der Waals surface area contributed by atoms with Gasteiger partial charge in [0.25, 0.3) is 0 Å². The lowest BCUT2D eigenvalue weighted by Gasteiger charge is -2.41. The van der Waals surface area contributed by atoms with Gasteiger partial charge < -0.3 is 15.1 Å². The van der Waals surface area contributed by atoms with Crippen LogP contribution in [0.1, 0.15) is 39.5 Å². The monoisotopic (exact) mass is 363 g/mol. The van der Waals surface area contributed by atoms with E-state index in [1.807, 2.05) is 16.7 Å². The molecule has 2 heterocycles. The van der Waals surface area contributed by atoms with Crippen molar-refractivity contribution < 1.29 is 9.59 Å². The second kappa shape index (κ2) is 10.4. The van der Waals surface area contributed by atoms with Crippen molar-refractivity contribution in [2.45, 2.75) is 50.8 Å². The Labute approximate surface area is 150 Å². The van der Waals surface area contributed by atoms with Crippen molar-refractivity contribution in [3.8, 4) is 0 Å². The van der Waals surface area contributed by atoms with Gasteiger partial charge in [0.2, 0.25) is 11.8 Å². The normalized spacial score (nSPS) is 23.4. The van der Waals surface area contributed by atoms with Crippen molar-refractivity contribution in [2.24, 2.45) is 0 Å². The van der Waals surface area contributed by atoms with E-state index in [0.717, 1.165) is 38.2 Å². The number of hydrogen-bond acceptors (Lipinski definition) is 4. The summed E-state index contributed by atoms with van der Waals surface area (Å²) in [7, 11) is 0. The summed E-state index contributed by atoms with van der Waals surface area (Å²) < 4.78 is 0. The summed E-state index contributed by atoms with van der Waals surface area (Å²) in [5.41, 5.74) is 0. The van der Waals surface area contributed by atoms with Gasteiger partial charge in [-0.1, -0.05) is 13.3 Å². The van der Waals surface area contributed by atoms with Crippen LogP contribution >= 0.6 is 24.2 Å². The molecule has 0 saturated carbocycles. The third-order valence-corrected chi connectivity index (χ3v) is 5.71. The van der Waals surface area contributed by atoms with Crippen molar-refractivity contribution >= 4 is 36.0 Å². The van der Waals surface area contributed by atoms with Gasteiger partial charge in [-0.3, -0.25) is 9.59 Å². The number of rotatable bonds is 6. The first-order valence-corrected chi connectivity index (χ1v) is 9.59. The van der Waals surface area contributed by atoms with Gasteiger partial charge in [-0.2, -0.15) is 0 Å². The van der Waals surface area contributed by atoms with E-state index in [-0.39, 0.29) is 35.5 Å². The SMILES string of the molecule is CCCCSC(C)C(=O)N1CCCC(N2CCNCC2=O)C1.Cl. The van der Waals surface area contributed by atoms with Crippen molar-refractivity contribution in [2.75, 3.05) is 38.5 Å². The maximum absolute atomic E-state index is 12.6. The average molecular weight is 364 g/mol. The van der Waals surface area contributed by atoms with Crippen LogP contribution in [0.15, 0.2) is 0 Å². The molecule has 2 unspecified atom stereocenters. The number of nitrogens with one attached hydrogen (secondary N) is 1. The second-order valence-electron chi connectivity index (χ2n) is 6.21. The fourth-order valence-electron chi connectivity index (χ4n) is 3.15. The molecule has 23 heavy (non-hydrogen) atoms. The van der Waals surface area contributed by atoms with Crippen LogP contribution in [-0.4, -0.2) is 71.4 Å². The molecule has 0 bridgehead atoms. The Kier molecular flexibility index (Phi) is 9.32. The van der Waals surface area contributed by atoms with Crippen molar-refractivity contribution in [1.82, 2.24) is 15.1 Å². The quantitative estimate of drug-likeness (QED) is 0.730. The van der Waals surface area contributed by atoms with Crippen LogP contribution in [0.5, 0.6) is 0 Å². The topological polar surface area (TPSA) is 52.7 Å². The van der Waals surface area contributed by atoms with Gasteiger partial charge in [-0.05, 0) is 31.9 Å². The number of piperazine rings is 1. The van der Waals surface area contributed by atoms with E-state index >= 15 is 0 Å². The summed E-state index contributed by atoms with van der Waals surface area (Å²) in [4.78, 5) is 28.6. The zero-order valence-corrected chi connectivity index (χ0v) is 15.9. The molecular weight excluding hydrogens is 334 g/mol. The number of amides is 2. The van der Waals surface area contributed by atoms with E-state index in [0.29, 0.717) is 13.1 Å². The van der Waals surface area contributed by atoms with Crippen LogP contribution in [0.3, 0.4) is 0 Å². The van der Waals surface area contributed by atoms with E-state index in [4.69, 9.17) is 0 Å². The number of likely N-dealkylation sites (tertiary alicyclic amines) is 1. The lowest BCUT2D eigenvalue weighted by molar-refractivity contribution is -0.140. The maximum atomic E-state index is 12.6. The van der Waals surface area contributed by atoms with Crippen molar-refractivity contribution in [3.63, 3.8) is 0 Å². The lowest BCUT2D eigenvalue weighted by atomic mass is 10.0. The molecule has 2 atom stereocenters. The minimum absolute atomic E-state index is 0. The number of carbonyl (C=O) groups is 2. The highest BCUT2D eigenvalue weighted by Gasteiger charge is 2.32. The molecule has 0 aromatic rings. The first kappa shape index (κ1) is 20.6. The fraction of sp³-hybridized carbons (Fsp3) is 0.875. The standard InChI is InChI=1S/C16H29N3O2S.ClH/c1-3-4-10-22-13(2)16(21)18-8-5-6-14(12-18)19-9-7-17-11-15(19)20;/h13-14,17H,3-12H2,1-2H3;1H. The van der Waals surface area contributed by atoms with Crippen molar-refractivity contribution in [1.29, 1.82) is 0 Å². The van der Waals surface area contributed by atoms with Crippen LogP contribution in [0.25, 0.3) is 0 Å². The molecule has 0 spiro atoms. The molecule has 2 rings (SSSR count). The Morgan fingerprint density at radius 3 is 2.91 bits per heavy atom. The summed E-state index contributed by atoms with van der Waals surface area (Å²) in [6.45, 7) is 7.81. The van der Waals surface area contributed by atoms with Gasteiger partial charge in [0.05, 0.1) is 11.8 Å². The summed E-state index contributed by atoms with van der Waals surface area (Å²) in [6, 6.07) is 0.208. The van der Waals surface area contributed by atoms with E-state index in [1.54, 1.807) is 11.8 Å². The molecule has 1 N–H and O–H groups in total. The van der Waals surface area contributed by atoms with Crippen LogP contribution in [0, 0.1) is 0 Å². The molecule has 5 nitrogen and oxygen atoms in total. The predicted octanol–water partition coefficient (Wildman–Crippen LogP) is 1.75. The summed E-state index contributed by atoms with van der Waals surface area (Å²) >= 11 is 1.76. The van der Waals surface area contributed by atoms with Crippen LogP contribution in [0.4, 0.5) is 0 Å². The van der Waals surface area contributed by atoms with E-state index in [2.05, 4.69) is 12.2 Å². The summed E-state index contributed by atoms with van der Waals surface area (Å²) in [5, 5.41) is 3.14. The second-order valence-corrected chi connectivity index (χ2v) is 7.66. The van der Waals surface area contributed by atoms with Crippen LogP contribution < -0.4 is 5.32 Å². The van der Waals surface area contributed by atoms with Crippen LogP contribution in [0.2, 0.25) is 0 Å². The molecule has 0 aliphatic carbocycles. The summed E-state index contributed by atoms with van der Waals surface area (Å²) in [6.07, 6.45) is 4.36. The molecule has 134 valence electrons. The first-order valence-electron chi connectivity index (χ1n) is 8.54. The van der Waals surface area contributed by atoms with E-state index < -0.39 is 0 Å². The number of nitrogens with zero attached hydrogens (tertiary/aromatic N) is 2. The van der Waals surface area contributed by atoms with Gasteiger partial charge in [0, 0.05) is 32.2 Å². The average Bonchev–Trinajstić information content (AvgIpc) is 2.55. The Balaban J connectivity index is 0.00000264. The van der Waals surface area contributed by atoms with Gasteiger partial charge in [-0.15, -0.1) is 24.2 Å². The molecule has 2 fully saturated rings. The largest absolute Gasteiger partial charge is 0.340 e. The molecule has 0 aromatic carbocycles. The molecular formula is C16H30ClN3O2S. The van der Waals surface area contributed by atoms with Gasteiger partial charge >= 0.3 is 0 Å². The molecule has 7 heteroatoms. The smallest absolute Gasteiger partial charge is 0.236 e. The van der Waals surface area contributed by atoms with E-state index in [1.165, 1.54) is 12.8 Å². The first-order chi connectivity index (χ1) is 10.6. The number of thioether (sulfide) groups is 1. The molecule has 2 saturated heterocycles. The number of hydrogen-bond donors (Lipinski definition) is 1. The summed E-state index contributed by atoms with van der Waals surface area (Å²) in [5.74, 6) is 1.47. The molecule has 2 aliphatic heterocycles. The minimum atomic E-state index is 0. The highest BCUT2D eigenvalue weighted by Crippen LogP contribution is 2.21. The Morgan fingerprint density at radius 1 is 1.43 bits per heavy atom. The third kappa shape index (κ3) is 5.84. The number of unbranched alkanes of at least 4 members (excludes halogenated alkanes) is 1. The molecule has 2 aliphatic rings. The fourth-order valence-corrected chi connectivity index (χ4v) is 4.25. The van der Waals surface area contributed by atoms with Gasteiger partial charge in [-0.25, -0.2) is 0 Å². The number of piperidine rings is 1. The minimum Gasteiger partial charge on any atom is -0.340 e. The van der Waals surface area contributed by atoms with Gasteiger partial charge in [0.1, 0.15) is 0 Å². The predicted molar refractivity (Wildman–Crippen MR) is 98.3 cm³/mol. The zero-order valence-electron chi connectivity index (χ0n) is 14.3. The Hall–Kier alpha value is -0.460. The maximum Gasteiger partial charge on any atom is 0.236 e. The highest BCUT2D eigenvalue weighted by molar-refractivity contribution is 8.00. The van der Waals surface area contributed by atoms with Crippen LogP contribution in [-0.2, 0) is 9.59 Å². The molecule has 0 aromatic heterocycles. The number of halogens is 1. The molecule has 2 amide bonds. The lowest BCUT2D eigenvalue weighted by Crippen LogP contribution is -2.58.